The summed E-state index contributed by atoms with van der Waals surface area (Å²) in [5.41, 5.74) is 0. The van der Waals surface area contributed by atoms with E-state index in [4.69, 9.17) is 4.74 Å². The summed E-state index contributed by atoms with van der Waals surface area (Å²) in [6, 6.07) is 0.428. The van der Waals surface area contributed by atoms with Crippen LogP contribution in [0.15, 0.2) is 0 Å². The molecule has 1 atom stereocenters. The first-order chi connectivity index (χ1) is 7.33. The van der Waals surface area contributed by atoms with Gasteiger partial charge >= 0.3 is 0 Å². The maximum Gasteiger partial charge on any atom is 0.220 e. The van der Waals surface area contributed by atoms with Crippen molar-refractivity contribution in [2.24, 2.45) is 0 Å². The van der Waals surface area contributed by atoms with Crippen LogP contribution in [0, 0.1) is 0 Å². The summed E-state index contributed by atoms with van der Waals surface area (Å²) in [6.07, 6.45) is 3.91. The molecule has 1 saturated heterocycles. The molecule has 1 aliphatic rings. The Morgan fingerprint density at radius 3 is 3.07 bits per heavy atom. The van der Waals surface area contributed by atoms with Crippen molar-refractivity contribution in [1.82, 2.24) is 10.6 Å². The molecule has 1 unspecified atom stereocenters. The highest BCUT2D eigenvalue weighted by molar-refractivity contribution is 5.76. The van der Waals surface area contributed by atoms with Crippen molar-refractivity contribution in [3.63, 3.8) is 0 Å². The first-order valence-corrected chi connectivity index (χ1v) is 5.90. The lowest BCUT2D eigenvalue weighted by atomic mass is 10.1. The summed E-state index contributed by atoms with van der Waals surface area (Å²) >= 11 is 0. The summed E-state index contributed by atoms with van der Waals surface area (Å²) in [4.78, 5) is 10.9. The van der Waals surface area contributed by atoms with E-state index in [9.17, 15) is 4.79 Å². The van der Waals surface area contributed by atoms with Gasteiger partial charge in [0.2, 0.25) is 5.91 Å². The molecular weight excluding hydrogens is 192 g/mol. The molecule has 2 N–H and O–H groups in total. The van der Waals surface area contributed by atoms with Crippen LogP contribution in [0.25, 0.3) is 0 Å². The third-order valence-electron chi connectivity index (χ3n) is 2.59. The van der Waals surface area contributed by atoms with Gasteiger partial charge in [0.05, 0.1) is 6.61 Å². The van der Waals surface area contributed by atoms with Gasteiger partial charge in [-0.1, -0.05) is 13.3 Å². The summed E-state index contributed by atoms with van der Waals surface area (Å²) in [5, 5.41) is 6.23. The lowest BCUT2D eigenvalue weighted by molar-refractivity contribution is -0.122. The number of piperidine rings is 1. The van der Waals surface area contributed by atoms with Crippen LogP contribution >= 0.6 is 0 Å². The zero-order chi connectivity index (χ0) is 10.9. The normalized spacial score (nSPS) is 21.4. The first kappa shape index (κ1) is 12.5. The van der Waals surface area contributed by atoms with Gasteiger partial charge in [-0.25, -0.2) is 0 Å². The van der Waals surface area contributed by atoms with Gasteiger partial charge in [-0.2, -0.15) is 0 Å². The predicted molar refractivity (Wildman–Crippen MR) is 59.8 cm³/mol. The molecule has 1 rings (SSSR count). The third-order valence-corrected chi connectivity index (χ3v) is 2.59. The second-order valence-corrected chi connectivity index (χ2v) is 3.96. The van der Waals surface area contributed by atoms with Gasteiger partial charge in [0.25, 0.3) is 0 Å². The zero-order valence-electron chi connectivity index (χ0n) is 9.55. The molecule has 0 saturated carbocycles. The Labute approximate surface area is 91.8 Å². The standard InChI is InChI=1S/C11H22N2O2/c1-2-3-7-15-8-6-12-10-4-5-11(14)13-9-10/h10,12H,2-9H2,1H3,(H,13,14). The fraction of sp³-hybridized carbons (Fsp3) is 0.909. The largest absolute Gasteiger partial charge is 0.380 e. The van der Waals surface area contributed by atoms with Crippen LogP contribution in [-0.4, -0.2) is 38.3 Å². The topological polar surface area (TPSA) is 50.4 Å². The summed E-state index contributed by atoms with van der Waals surface area (Å²) in [6.45, 7) is 5.42. The van der Waals surface area contributed by atoms with Crippen molar-refractivity contribution in [1.29, 1.82) is 0 Å². The minimum Gasteiger partial charge on any atom is -0.380 e. The van der Waals surface area contributed by atoms with Crippen molar-refractivity contribution in [3.8, 4) is 0 Å². The summed E-state index contributed by atoms with van der Waals surface area (Å²) in [5.74, 6) is 0.173. The molecule has 0 spiro atoms. The highest BCUT2D eigenvalue weighted by Crippen LogP contribution is 2.01. The van der Waals surface area contributed by atoms with Crippen LogP contribution in [0.4, 0.5) is 0 Å². The van der Waals surface area contributed by atoms with Crippen molar-refractivity contribution < 1.29 is 9.53 Å². The van der Waals surface area contributed by atoms with E-state index in [0.29, 0.717) is 12.5 Å². The van der Waals surface area contributed by atoms with Crippen LogP contribution in [0.5, 0.6) is 0 Å². The van der Waals surface area contributed by atoms with E-state index in [1.807, 2.05) is 0 Å². The smallest absolute Gasteiger partial charge is 0.220 e. The quantitative estimate of drug-likeness (QED) is 0.612. The number of nitrogens with one attached hydrogen (secondary N) is 2. The average Bonchev–Trinajstić information content (AvgIpc) is 2.26. The zero-order valence-corrected chi connectivity index (χ0v) is 9.55. The maximum atomic E-state index is 10.9. The summed E-state index contributed by atoms with van der Waals surface area (Å²) < 4.78 is 5.44. The van der Waals surface area contributed by atoms with Gasteiger partial charge < -0.3 is 15.4 Å². The Kier molecular flexibility index (Phi) is 6.36. The van der Waals surface area contributed by atoms with Crippen LogP contribution < -0.4 is 10.6 Å². The second-order valence-electron chi connectivity index (χ2n) is 3.96. The average molecular weight is 214 g/mol. The van der Waals surface area contributed by atoms with Gasteiger partial charge in [0.15, 0.2) is 0 Å². The Hall–Kier alpha value is -0.610. The predicted octanol–water partition coefficient (Wildman–Crippen LogP) is 0.671. The third kappa shape index (κ3) is 5.74. The van der Waals surface area contributed by atoms with E-state index in [0.717, 1.165) is 39.1 Å². The van der Waals surface area contributed by atoms with E-state index in [1.54, 1.807) is 0 Å². The first-order valence-electron chi connectivity index (χ1n) is 5.90. The molecule has 1 amide bonds. The number of carbonyl (C=O) groups excluding carboxylic acids is 1. The van der Waals surface area contributed by atoms with Crippen LogP contribution in [0.1, 0.15) is 32.6 Å². The van der Waals surface area contributed by atoms with E-state index in [2.05, 4.69) is 17.6 Å². The number of rotatable bonds is 7. The molecular formula is C11H22N2O2. The van der Waals surface area contributed by atoms with Crippen molar-refractivity contribution in [3.05, 3.63) is 0 Å². The Morgan fingerprint density at radius 1 is 1.53 bits per heavy atom. The van der Waals surface area contributed by atoms with Crippen LogP contribution in [-0.2, 0) is 9.53 Å². The fourth-order valence-electron chi connectivity index (χ4n) is 1.59. The van der Waals surface area contributed by atoms with Crippen LogP contribution in [0.3, 0.4) is 0 Å². The van der Waals surface area contributed by atoms with E-state index < -0.39 is 0 Å². The lowest BCUT2D eigenvalue weighted by Gasteiger charge is -2.23. The van der Waals surface area contributed by atoms with E-state index >= 15 is 0 Å². The molecule has 15 heavy (non-hydrogen) atoms. The van der Waals surface area contributed by atoms with E-state index in [-0.39, 0.29) is 5.91 Å². The molecule has 4 nitrogen and oxygen atoms in total. The molecule has 1 fully saturated rings. The Balaban J connectivity index is 1.89. The Morgan fingerprint density at radius 2 is 2.40 bits per heavy atom. The number of ether oxygens (including phenoxy) is 1. The highest BCUT2D eigenvalue weighted by atomic mass is 16.5. The van der Waals surface area contributed by atoms with Crippen molar-refractivity contribution in [2.45, 2.75) is 38.6 Å². The molecule has 0 aromatic heterocycles. The molecule has 4 heteroatoms. The molecule has 1 heterocycles. The SMILES string of the molecule is CCCCOCCNC1CCC(=O)NC1. The number of unbranched alkanes of at least 4 members (excludes halogenated alkanes) is 1. The monoisotopic (exact) mass is 214 g/mol. The minimum absolute atomic E-state index is 0.173. The van der Waals surface area contributed by atoms with Gasteiger partial charge in [-0.3, -0.25) is 4.79 Å². The number of amides is 1. The summed E-state index contributed by atoms with van der Waals surface area (Å²) in [7, 11) is 0. The minimum atomic E-state index is 0.173. The maximum absolute atomic E-state index is 10.9. The van der Waals surface area contributed by atoms with Gasteiger partial charge in [0, 0.05) is 32.2 Å². The molecule has 1 aliphatic heterocycles. The van der Waals surface area contributed by atoms with E-state index in [1.165, 1.54) is 6.42 Å². The van der Waals surface area contributed by atoms with Gasteiger partial charge in [-0.05, 0) is 12.8 Å². The molecule has 0 aromatic carbocycles. The van der Waals surface area contributed by atoms with Gasteiger partial charge in [0.1, 0.15) is 0 Å². The Bertz CT molecular complexity index is 175. The number of hydrogen-bond donors (Lipinski definition) is 2. The highest BCUT2D eigenvalue weighted by Gasteiger charge is 2.16. The molecule has 0 aliphatic carbocycles. The second kappa shape index (κ2) is 7.65. The molecule has 88 valence electrons. The number of hydrogen-bond acceptors (Lipinski definition) is 3. The van der Waals surface area contributed by atoms with Crippen LogP contribution in [0.2, 0.25) is 0 Å². The molecule has 0 bridgehead atoms. The van der Waals surface area contributed by atoms with Gasteiger partial charge in [-0.15, -0.1) is 0 Å². The van der Waals surface area contributed by atoms with Crippen molar-refractivity contribution >= 4 is 5.91 Å². The lowest BCUT2D eigenvalue weighted by Crippen LogP contribution is -2.46. The fourth-order valence-corrected chi connectivity index (χ4v) is 1.59. The molecule has 0 aromatic rings. The molecule has 0 radical (unpaired) electrons. The number of carbonyl (C=O) groups is 1. The van der Waals surface area contributed by atoms with Crippen molar-refractivity contribution in [2.75, 3.05) is 26.3 Å².